The van der Waals surface area contributed by atoms with Crippen LogP contribution in [0, 0.1) is 0 Å². The predicted molar refractivity (Wildman–Crippen MR) is 106 cm³/mol. The van der Waals surface area contributed by atoms with Crippen LogP contribution >= 0.6 is 11.8 Å². The molecule has 7 nitrogen and oxygen atoms in total. The molecule has 0 bridgehead atoms. The van der Waals surface area contributed by atoms with Gasteiger partial charge in [0.25, 0.3) is 5.24 Å². The first-order valence-corrected chi connectivity index (χ1v) is 10.4. The Balaban J connectivity index is 1.37. The summed E-state index contributed by atoms with van der Waals surface area (Å²) in [4.78, 5) is 25.4. The Labute approximate surface area is 162 Å². The molecule has 2 amide bonds. The third-order valence-corrected chi connectivity index (χ3v) is 5.88. The zero-order valence-electron chi connectivity index (χ0n) is 15.2. The Bertz CT molecular complexity index is 833. The average molecular weight is 385 g/mol. The molecule has 2 aromatic rings. The van der Waals surface area contributed by atoms with E-state index in [4.69, 9.17) is 0 Å². The van der Waals surface area contributed by atoms with Crippen LogP contribution in [0.1, 0.15) is 31.5 Å². The molecule has 1 aromatic heterocycles. The standard InChI is InChI=1S/C19H23N5O2S/c25-17(9-11-23-12-13-27-19(23)26)20-15-7-5-14(6-8-15)18-22-21-16-4-2-1-3-10-24(16)18/h5-8H,1-4,9-13H2,(H,20,25). The van der Waals surface area contributed by atoms with Crippen LogP contribution in [0.4, 0.5) is 10.5 Å². The smallest absolute Gasteiger partial charge is 0.281 e. The second-order valence-electron chi connectivity index (χ2n) is 6.88. The van der Waals surface area contributed by atoms with E-state index >= 15 is 0 Å². The maximum Gasteiger partial charge on any atom is 0.281 e. The van der Waals surface area contributed by atoms with Crippen LogP contribution in [-0.2, 0) is 17.8 Å². The number of rotatable bonds is 5. The lowest BCUT2D eigenvalue weighted by atomic mass is 10.2. The van der Waals surface area contributed by atoms with Gasteiger partial charge in [-0.15, -0.1) is 10.2 Å². The molecule has 1 fully saturated rings. The van der Waals surface area contributed by atoms with Crippen molar-refractivity contribution < 1.29 is 9.59 Å². The highest BCUT2D eigenvalue weighted by molar-refractivity contribution is 8.13. The number of hydrogen-bond acceptors (Lipinski definition) is 5. The zero-order chi connectivity index (χ0) is 18.6. The summed E-state index contributed by atoms with van der Waals surface area (Å²) in [6.07, 6.45) is 4.86. The predicted octanol–water partition coefficient (Wildman–Crippen LogP) is 3.17. The van der Waals surface area contributed by atoms with E-state index in [1.54, 1.807) is 4.90 Å². The fraction of sp³-hybridized carbons (Fsp3) is 0.474. The van der Waals surface area contributed by atoms with Gasteiger partial charge >= 0.3 is 0 Å². The van der Waals surface area contributed by atoms with Crippen molar-refractivity contribution >= 4 is 28.6 Å². The van der Waals surface area contributed by atoms with Crippen molar-refractivity contribution in [1.29, 1.82) is 0 Å². The number of nitrogens with zero attached hydrogens (tertiary/aromatic N) is 4. The lowest BCUT2D eigenvalue weighted by Crippen LogP contribution is -2.27. The highest BCUT2D eigenvalue weighted by Gasteiger charge is 2.21. The Morgan fingerprint density at radius 3 is 2.74 bits per heavy atom. The first-order valence-electron chi connectivity index (χ1n) is 9.45. The van der Waals surface area contributed by atoms with Gasteiger partial charge in [0, 0.05) is 49.5 Å². The van der Waals surface area contributed by atoms with Gasteiger partial charge in [-0.2, -0.15) is 0 Å². The lowest BCUT2D eigenvalue weighted by molar-refractivity contribution is -0.116. The van der Waals surface area contributed by atoms with E-state index in [1.165, 1.54) is 24.6 Å². The molecule has 1 saturated heterocycles. The quantitative estimate of drug-likeness (QED) is 0.855. The van der Waals surface area contributed by atoms with E-state index in [2.05, 4.69) is 20.1 Å². The second-order valence-corrected chi connectivity index (χ2v) is 7.93. The number of aromatic nitrogens is 3. The van der Waals surface area contributed by atoms with Crippen molar-refractivity contribution in [2.75, 3.05) is 24.2 Å². The van der Waals surface area contributed by atoms with Gasteiger partial charge in [-0.1, -0.05) is 18.2 Å². The number of thioether (sulfide) groups is 1. The van der Waals surface area contributed by atoms with E-state index in [0.717, 1.165) is 54.6 Å². The first kappa shape index (κ1) is 18.0. The molecule has 0 saturated carbocycles. The largest absolute Gasteiger partial charge is 0.332 e. The lowest BCUT2D eigenvalue weighted by Gasteiger charge is -2.14. The van der Waals surface area contributed by atoms with Crippen LogP contribution in [0.25, 0.3) is 11.4 Å². The van der Waals surface area contributed by atoms with E-state index in [0.29, 0.717) is 13.0 Å². The third kappa shape index (κ3) is 4.16. The summed E-state index contributed by atoms with van der Waals surface area (Å²) in [5, 5.41) is 11.7. The van der Waals surface area contributed by atoms with Crippen molar-refractivity contribution in [1.82, 2.24) is 19.7 Å². The molecular formula is C19H23N5O2S. The number of fused-ring (bicyclic) bond motifs is 1. The molecule has 2 aliphatic heterocycles. The molecule has 1 N–H and O–H groups in total. The molecule has 0 aliphatic carbocycles. The van der Waals surface area contributed by atoms with E-state index in [9.17, 15) is 9.59 Å². The van der Waals surface area contributed by atoms with Crippen molar-refractivity contribution in [3.63, 3.8) is 0 Å². The minimum atomic E-state index is -0.0798. The molecule has 142 valence electrons. The molecule has 27 heavy (non-hydrogen) atoms. The normalized spacial score (nSPS) is 16.9. The zero-order valence-corrected chi connectivity index (χ0v) is 16.0. The maximum absolute atomic E-state index is 12.1. The summed E-state index contributed by atoms with van der Waals surface area (Å²) in [6.45, 7) is 2.17. The number of anilines is 1. The van der Waals surface area contributed by atoms with Crippen molar-refractivity contribution in [3.8, 4) is 11.4 Å². The van der Waals surface area contributed by atoms with Crippen LogP contribution in [0.15, 0.2) is 24.3 Å². The van der Waals surface area contributed by atoms with Crippen LogP contribution < -0.4 is 5.32 Å². The number of aryl methyl sites for hydroxylation is 1. The average Bonchev–Trinajstić information content (AvgIpc) is 3.19. The fourth-order valence-electron chi connectivity index (χ4n) is 3.49. The van der Waals surface area contributed by atoms with Gasteiger partial charge in [0.2, 0.25) is 5.91 Å². The van der Waals surface area contributed by atoms with Crippen LogP contribution in [0.5, 0.6) is 0 Å². The fourth-order valence-corrected chi connectivity index (χ4v) is 4.34. The molecular weight excluding hydrogens is 362 g/mol. The maximum atomic E-state index is 12.1. The second kappa shape index (κ2) is 8.12. The van der Waals surface area contributed by atoms with Gasteiger partial charge in [0.15, 0.2) is 5.82 Å². The van der Waals surface area contributed by atoms with Gasteiger partial charge in [0.1, 0.15) is 5.82 Å². The monoisotopic (exact) mass is 385 g/mol. The number of hydrogen-bond donors (Lipinski definition) is 1. The summed E-state index contributed by atoms with van der Waals surface area (Å²) < 4.78 is 2.21. The summed E-state index contributed by atoms with van der Waals surface area (Å²) in [7, 11) is 0. The van der Waals surface area contributed by atoms with E-state index < -0.39 is 0 Å². The third-order valence-electron chi connectivity index (χ3n) is 4.99. The summed E-state index contributed by atoms with van der Waals surface area (Å²) >= 11 is 1.31. The van der Waals surface area contributed by atoms with Gasteiger partial charge in [-0.3, -0.25) is 9.59 Å². The molecule has 0 spiro atoms. The van der Waals surface area contributed by atoms with E-state index in [1.807, 2.05) is 24.3 Å². The van der Waals surface area contributed by atoms with Gasteiger partial charge in [-0.25, -0.2) is 0 Å². The highest BCUT2D eigenvalue weighted by atomic mass is 32.2. The van der Waals surface area contributed by atoms with Gasteiger partial charge in [-0.05, 0) is 37.1 Å². The molecule has 3 heterocycles. The molecule has 0 radical (unpaired) electrons. The van der Waals surface area contributed by atoms with Crippen LogP contribution in [0.3, 0.4) is 0 Å². The van der Waals surface area contributed by atoms with Gasteiger partial charge in [0.05, 0.1) is 0 Å². The van der Waals surface area contributed by atoms with Crippen LogP contribution in [0.2, 0.25) is 0 Å². The SMILES string of the molecule is O=C(CCN1CCSC1=O)Nc1ccc(-c2nnc3n2CCCCC3)cc1. The molecule has 1 aromatic carbocycles. The Kier molecular flexibility index (Phi) is 5.42. The topological polar surface area (TPSA) is 80.1 Å². The number of benzene rings is 1. The Morgan fingerprint density at radius 2 is 1.96 bits per heavy atom. The molecule has 0 unspecified atom stereocenters. The van der Waals surface area contributed by atoms with Crippen molar-refractivity contribution in [2.24, 2.45) is 0 Å². The van der Waals surface area contributed by atoms with Crippen molar-refractivity contribution in [3.05, 3.63) is 30.1 Å². The number of amides is 2. The minimum Gasteiger partial charge on any atom is -0.332 e. The first-order chi connectivity index (χ1) is 13.2. The summed E-state index contributed by atoms with van der Waals surface area (Å²) in [6, 6.07) is 7.72. The number of nitrogens with one attached hydrogen (secondary N) is 1. The Hall–Kier alpha value is -2.35. The van der Waals surface area contributed by atoms with Crippen LogP contribution in [-0.4, -0.2) is 49.7 Å². The van der Waals surface area contributed by atoms with Gasteiger partial charge < -0.3 is 14.8 Å². The molecule has 8 heteroatoms. The molecule has 0 atom stereocenters. The number of carbonyl (C=O) groups excluding carboxylic acids is 2. The Morgan fingerprint density at radius 1 is 1.11 bits per heavy atom. The summed E-state index contributed by atoms with van der Waals surface area (Å²) in [5.74, 6) is 2.70. The molecule has 4 rings (SSSR count). The highest BCUT2D eigenvalue weighted by Crippen LogP contribution is 2.24. The number of carbonyl (C=O) groups is 2. The van der Waals surface area contributed by atoms with Crippen molar-refractivity contribution in [2.45, 2.75) is 38.6 Å². The van der Waals surface area contributed by atoms with E-state index in [-0.39, 0.29) is 11.1 Å². The minimum absolute atomic E-state index is 0.0691. The summed E-state index contributed by atoms with van der Waals surface area (Å²) in [5.41, 5.74) is 1.76. The molecule has 2 aliphatic rings.